The summed E-state index contributed by atoms with van der Waals surface area (Å²) in [5, 5.41) is 5.30. The van der Waals surface area contributed by atoms with Gasteiger partial charge in [-0.15, -0.1) is 0 Å². The molecule has 0 N–H and O–H groups in total. The van der Waals surface area contributed by atoms with Gasteiger partial charge in [-0.05, 0) is 29.3 Å². The zero-order chi connectivity index (χ0) is 22.4. The lowest BCUT2D eigenvalue weighted by atomic mass is 10.0. The van der Waals surface area contributed by atoms with Crippen LogP contribution >= 0.6 is 0 Å². The number of rotatable bonds is 1. The van der Waals surface area contributed by atoms with Crippen molar-refractivity contribution in [3.8, 4) is 11.1 Å². The van der Waals surface area contributed by atoms with Crippen molar-refractivity contribution >= 4 is 54.5 Å². The Morgan fingerprint density at radius 2 is 1.00 bits per heavy atom. The number of hydrogen-bond acceptors (Lipinski definition) is 1. The maximum absolute atomic E-state index is 14.5. The van der Waals surface area contributed by atoms with Gasteiger partial charge in [-0.1, -0.05) is 91.0 Å². The van der Waals surface area contributed by atoms with Crippen LogP contribution in [0.4, 0.5) is 0 Å². The van der Waals surface area contributed by atoms with E-state index < -0.39 is 0 Å². The van der Waals surface area contributed by atoms with Crippen molar-refractivity contribution in [3.63, 3.8) is 0 Å². The summed E-state index contributed by atoms with van der Waals surface area (Å²) >= 11 is 0. The molecule has 0 saturated heterocycles. The van der Waals surface area contributed by atoms with Gasteiger partial charge in [-0.25, -0.2) is 0 Å². The van der Waals surface area contributed by atoms with Crippen LogP contribution in [-0.2, 0) is 0 Å². The van der Waals surface area contributed by atoms with Crippen LogP contribution in [0.15, 0.2) is 114 Å². The molecule has 8 rings (SSSR count). The van der Waals surface area contributed by atoms with Crippen molar-refractivity contribution in [1.29, 1.82) is 0 Å². The minimum absolute atomic E-state index is 0.0148. The third-order valence-electron chi connectivity index (χ3n) is 7.25. The first-order valence-corrected chi connectivity index (χ1v) is 11.5. The SMILES string of the molecule is O=c1c2c(-c3ccccc3)cccc2n2c3ccccc3c3ccc4c5ccccc5n1c4c32. The Morgan fingerprint density at radius 1 is 0.441 bits per heavy atom. The number of aromatic nitrogens is 2. The third-order valence-corrected chi connectivity index (χ3v) is 7.25. The number of para-hydroxylation sites is 2. The number of benzene rings is 5. The van der Waals surface area contributed by atoms with Gasteiger partial charge in [-0.3, -0.25) is 9.20 Å². The standard InChI is InChI=1S/C31H18N2O/c34-31-28-20(19-9-2-1-3-10-19)13-8-16-27(28)32-25-14-6-4-11-21(25)23-17-18-24-22-12-5-7-15-26(22)33(31)30(24)29(23)32/h1-18H. The zero-order valence-electron chi connectivity index (χ0n) is 18.2. The Kier molecular flexibility index (Phi) is 3.28. The minimum Gasteiger partial charge on any atom is -0.306 e. The molecule has 0 aliphatic rings. The highest BCUT2D eigenvalue weighted by Gasteiger charge is 2.22. The summed E-state index contributed by atoms with van der Waals surface area (Å²) in [6.07, 6.45) is 0. The highest BCUT2D eigenvalue weighted by Crippen LogP contribution is 2.39. The van der Waals surface area contributed by atoms with Gasteiger partial charge in [0, 0.05) is 21.5 Å². The van der Waals surface area contributed by atoms with Crippen molar-refractivity contribution in [2.24, 2.45) is 0 Å². The van der Waals surface area contributed by atoms with Gasteiger partial charge in [0.25, 0.3) is 5.56 Å². The van der Waals surface area contributed by atoms with E-state index in [1.807, 2.05) is 34.7 Å². The first-order chi connectivity index (χ1) is 16.8. The molecule has 0 fully saturated rings. The average Bonchev–Trinajstić information content (AvgIpc) is 3.38. The molecular formula is C31H18N2O. The van der Waals surface area contributed by atoms with E-state index in [1.165, 1.54) is 5.39 Å². The molecular weight excluding hydrogens is 416 g/mol. The molecule has 158 valence electrons. The molecule has 0 amide bonds. The number of nitrogens with zero attached hydrogens (tertiary/aromatic N) is 2. The van der Waals surface area contributed by atoms with E-state index in [0.717, 1.165) is 60.3 Å². The smallest absolute Gasteiger partial charge is 0.265 e. The van der Waals surface area contributed by atoms with Crippen molar-refractivity contribution in [3.05, 3.63) is 120 Å². The molecule has 0 spiro atoms. The topological polar surface area (TPSA) is 25.9 Å². The summed E-state index contributed by atoms with van der Waals surface area (Å²) in [6, 6.07) is 37.5. The molecule has 0 aliphatic heterocycles. The van der Waals surface area contributed by atoms with Crippen molar-refractivity contribution in [2.75, 3.05) is 0 Å². The van der Waals surface area contributed by atoms with Crippen LogP contribution in [0.1, 0.15) is 0 Å². The van der Waals surface area contributed by atoms with Gasteiger partial charge in [0.1, 0.15) is 0 Å². The molecule has 5 aromatic carbocycles. The van der Waals surface area contributed by atoms with Crippen molar-refractivity contribution < 1.29 is 0 Å². The predicted molar refractivity (Wildman–Crippen MR) is 141 cm³/mol. The van der Waals surface area contributed by atoms with E-state index in [4.69, 9.17) is 0 Å². The highest BCUT2D eigenvalue weighted by molar-refractivity contribution is 6.24. The van der Waals surface area contributed by atoms with Gasteiger partial charge in [0.05, 0.1) is 33.0 Å². The molecule has 8 aromatic rings. The number of fused-ring (bicyclic) bond motifs is 8. The first-order valence-electron chi connectivity index (χ1n) is 11.5. The molecule has 3 aromatic heterocycles. The van der Waals surface area contributed by atoms with Crippen LogP contribution in [0, 0.1) is 0 Å². The third kappa shape index (κ3) is 2.05. The molecule has 0 unspecified atom stereocenters. The lowest BCUT2D eigenvalue weighted by Gasteiger charge is -2.06. The summed E-state index contributed by atoms with van der Waals surface area (Å²) in [5.74, 6) is 0. The molecule has 0 radical (unpaired) electrons. The van der Waals surface area contributed by atoms with E-state index in [1.54, 1.807) is 0 Å². The van der Waals surface area contributed by atoms with Crippen LogP contribution < -0.4 is 5.56 Å². The van der Waals surface area contributed by atoms with Gasteiger partial charge in [0.2, 0.25) is 0 Å². The van der Waals surface area contributed by atoms with E-state index in [2.05, 4.69) is 83.3 Å². The molecule has 3 heteroatoms. The number of hydrogen-bond donors (Lipinski definition) is 0. The van der Waals surface area contributed by atoms with Gasteiger partial charge in [0.15, 0.2) is 0 Å². The molecule has 34 heavy (non-hydrogen) atoms. The Balaban J connectivity index is 1.83. The highest BCUT2D eigenvalue weighted by atomic mass is 16.1. The Morgan fingerprint density at radius 3 is 1.71 bits per heavy atom. The second-order valence-electron chi connectivity index (χ2n) is 8.93. The molecule has 0 aliphatic carbocycles. The van der Waals surface area contributed by atoms with Crippen molar-refractivity contribution in [1.82, 2.24) is 8.80 Å². The van der Waals surface area contributed by atoms with E-state index in [9.17, 15) is 4.79 Å². The summed E-state index contributed by atoms with van der Waals surface area (Å²) in [7, 11) is 0. The minimum atomic E-state index is 0.0148. The van der Waals surface area contributed by atoms with Crippen LogP contribution in [0.2, 0.25) is 0 Å². The summed E-state index contributed by atoms with van der Waals surface area (Å²) < 4.78 is 4.25. The summed E-state index contributed by atoms with van der Waals surface area (Å²) in [6.45, 7) is 0. The Bertz CT molecular complexity index is 2130. The molecule has 3 nitrogen and oxygen atoms in total. The lowest BCUT2D eigenvalue weighted by molar-refractivity contribution is 1.22. The fourth-order valence-electron chi connectivity index (χ4n) is 5.88. The molecule has 0 saturated carbocycles. The average molecular weight is 434 g/mol. The second kappa shape index (κ2) is 6.24. The molecule has 0 atom stereocenters. The normalized spacial score (nSPS) is 12.2. The maximum atomic E-state index is 14.5. The first kappa shape index (κ1) is 17.9. The van der Waals surface area contributed by atoms with Gasteiger partial charge >= 0.3 is 0 Å². The Hall–Kier alpha value is -4.63. The van der Waals surface area contributed by atoms with E-state index >= 15 is 0 Å². The van der Waals surface area contributed by atoms with E-state index in [0.29, 0.717) is 0 Å². The largest absolute Gasteiger partial charge is 0.306 e. The maximum Gasteiger partial charge on any atom is 0.265 e. The van der Waals surface area contributed by atoms with Crippen LogP contribution in [-0.4, -0.2) is 8.80 Å². The van der Waals surface area contributed by atoms with Gasteiger partial charge in [-0.2, -0.15) is 0 Å². The molecule has 3 heterocycles. The van der Waals surface area contributed by atoms with Crippen LogP contribution in [0.3, 0.4) is 0 Å². The zero-order valence-corrected chi connectivity index (χ0v) is 18.2. The van der Waals surface area contributed by atoms with Gasteiger partial charge < -0.3 is 4.40 Å². The summed E-state index contributed by atoms with van der Waals surface area (Å²) in [4.78, 5) is 14.5. The second-order valence-corrected chi connectivity index (χ2v) is 8.93. The molecule has 0 bridgehead atoms. The predicted octanol–water partition coefficient (Wildman–Crippen LogP) is 7.27. The fourth-order valence-corrected chi connectivity index (χ4v) is 5.88. The quantitative estimate of drug-likeness (QED) is 0.267. The summed E-state index contributed by atoms with van der Waals surface area (Å²) in [5.41, 5.74) is 7.07. The van der Waals surface area contributed by atoms with Crippen LogP contribution in [0.5, 0.6) is 0 Å². The monoisotopic (exact) mass is 434 g/mol. The lowest BCUT2D eigenvalue weighted by Crippen LogP contribution is -2.10. The Labute approximate surface area is 194 Å². The van der Waals surface area contributed by atoms with Crippen LogP contribution in [0.25, 0.3) is 65.6 Å². The van der Waals surface area contributed by atoms with E-state index in [-0.39, 0.29) is 5.56 Å². The van der Waals surface area contributed by atoms with Crippen molar-refractivity contribution in [2.45, 2.75) is 0 Å². The fraction of sp³-hybridized carbons (Fsp3) is 0.